The van der Waals surface area contributed by atoms with Crippen LogP contribution < -0.4 is 10.4 Å². The first-order chi connectivity index (χ1) is 30.0. The van der Waals surface area contributed by atoms with Crippen LogP contribution >= 0.6 is 0 Å². The van der Waals surface area contributed by atoms with Gasteiger partial charge in [0.1, 0.15) is 23.7 Å². The Morgan fingerprint density at radius 1 is 0.823 bits per heavy atom. The van der Waals surface area contributed by atoms with Crippen molar-refractivity contribution in [3.63, 3.8) is 0 Å². The van der Waals surface area contributed by atoms with Gasteiger partial charge >= 0.3 is 17.6 Å². The highest BCUT2D eigenvalue weighted by Crippen LogP contribution is 2.47. The summed E-state index contributed by atoms with van der Waals surface area (Å²) in [5, 5.41) is 29.8. The first kappa shape index (κ1) is 44.5. The van der Waals surface area contributed by atoms with Crippen LogP contribution in [0, 0.1) is 5.92 Å². The summed E-state index contributed by atoms with van der Waals surface area (Å²) in [6, 6.07) is 32.2. The Balaban J connectivity index is 1.27. The van der Waals surface area contributed by atoms with E-state index in [4.69, 9.17) is 23.4 Å². The van der Waals surface area contributed by atoms with E-state index in [2.05, 4.69) is 48.5 Å². The Hall–Kier alpha value is -5.59. The highest BCUT2D eigenvalue weighted by molar-refractivity contribution is 5.90. The fourth-order valence-corrected chi connectivity index (χ4v) is 8.72. The van der Waals surface area contributed by atoms with Gasteiger partial charge in [-0.15, -0.1) is 0 Å². The van der Waals surface area contributed by atoms with Gasteiger partial charge in [0.05, 0.1) is 18.8 Å². The van der Waals surface area contributed by atoms with E-state index in [-0.39, 0.29) is 55.3 Å². The van der Waals surface area contributed by atoms with Gasteiger partial charge in [-0.1, -0.05) is 78.9 Å². The monoisotopic (exact) mass is 844 g/mol. The quantitative estimate of drug-likeness (QED) is 0.0491. The Labute approximate surface area is 361 Å². The molecule has 8 rings (SSSR count). The summed E-state index contributed by atoms with van der Waals surface area (Å²) in [4.78, 5) is 42.5. The van der Waals surface area contributed by atoms with Gasteiger partial charge in [0.2, 0.25) is 0 Å². The zero-order valence-electron chi connectivity index (χ0n) is 35.6. The first-order valence-corrected chi connectivity index (χ1v) is 21.4. The fourth-order valence-electron chi connectivity index (χ4n) is 8.72. The fraction of sp³-hybridized carbons (Fsp3) is 0.392. The number of carbonyl (C=O) groups excluding carboxylic acids is 2. The molecule has 0 saturated heterocycles. The van der Waals surface area contributed by atoms with Crippen LogP contribution in [0.15, 0.2) is 117 Å². The van der Waals surface area contributed by atoms with Crippen molar-refractivity contribution >= 4 is 22.9 Å². The summed E-state index contributed by atoms with van der Waals surface area (Å²) in [6.45, 7) is 4.01. The van der Waals surface area contributed by atoms with E-state index in [1.54, 1.807) is 39.0 Å². The minimum Gasteiger partial charge on any atom is -0.483 e. The van der Waals surface area contributed by atoms with Crippen LogP contribution in [0.2, 0.25) is 0 Å². The first-order valence-electron chi connectivity index (χ1n) is 21.4. The molecule has 3 aliphatic heterocycles. The second-order valence-electron chi connectivity index (χ2n) is 17.1. The number of aliphatic hydroxyl groups is 3. The molecular formula is C51H56O11. The van der Waals surface area contributed by atoms with Gasteiger partial charge in [-0.25, -0.2) is 9.59 Å². The average Bonchev–Trinajstić information content (AvgIpc) is 3.25. The topological polar surface area (TPSA) is 162 Å². The molecule has 4 aromatic carbocycles. The third-order valence-electron chi connectivity index (χ3n) is 12.1. The minimum atomic E-state index is -1.26. The lowest BCUT2D eigenvalue weighted by Gasteiger charge is -2.43. The molecule has 326 valence electrons. The normalized spacial score (nSPS) is 20.4. The van der Waals surface area contributed by atoms with E-state index in [1.807, 2.05) is 30.3 Å². The van der Waals surface area contributed by atoms with E-state index in [0.29, 0.717) is 48.0 Å². The summed E-state index contributed by atoms with van der Waals surface area (Å²) < 4.78 is 30.6. The third kappa shape index (κ3) is 10.5. The SMILES string of the molecule is C/C(CO)=C1\CCc2ccc(cc2)C[C@H](CCc2cccc(Cc3ccccc3)c2)CC(=O)O[C@@H]2c3c(ccc4cc([C@H](CCO)COCO)c(=O)oc34)OC(C)(C)[C@H]2OC1=O. The van der Waals surface area contributed by atoms with Crippen LogP contribution in [0.4, 0.5) is 0 Å². The number of aryl methyl sites for hydroxylation is 2. The number of carbonyl (C=O) groups is 2. The third-order valence-corrected chi connectivity index (χ3v) is 12.1. The molecule has 2 bridgehead atoms. The molecule has 0 spiro atoms. The number of hydrogen-bond donors (Lipinski definition) is 3. The zero-order valence-corrected chi connectivity index (χ0v) is 35.6. The van der Waals surface area contributed by atoms with Crippen molar-refractivity contribution in [1.29, 1.82) is 0 Å². The van der Waals surface area contributed by atoms with Crippen molar-refractivity contribution in [2.75, 3.05) is 26.6 Å². The average molecular weight is 845 g/mol. The molecule has 3 aliphatic rings. The molecule has 0 fully saturated rings. The smallest absolute Gasteiger partial charge is 0.339 e. The number of hydrogen-bond acceptors (Lipinski definition) is 11. The van der Waals surface area contributed by atoms with Crippen molar-refractivity contribution in [2.45, 2.75) is 95.9 Å². The maximum Gasteiger partial charge on any atom is 0.339 e. The van der Waals surface area contributed by atoms with Gasteiger partial charge in [0.25, 0.3) is 0 Å². The van der Waals surface area contributed by atoms with Gasteiger partial charge in [-0.2, -0.15) is 0 Å². The molecule has 4 atom stereocenters. The van der Waals surface area contributed by atoms with Gasteiger partial charge in [0.15, 0.2) is 12.2 Å². The molecule has 0 saturated carbocycles. The van der Waals surface area contributed by atoms with Gasteiger partial charge in [-0.3, -0.25) is 4.79 Å². The number of esters is 2. The molecule has 0 aliphatic carbocycles. The summed E-state index contributed by atoms with van der Waals surface area (Å²) in [7, 11) is 0. The molecule has 0 unspecified atom stereocenters. The second kappa shape index (κ2) is 20.1. The Morgan fingerprint density at radius 3 is 2.31 bits per heavy atom. The predicted molar refractivity (Wildman–Crippen MR) is 234 cm³/mol. The van der Waals surface area contributed by atoms with E-state index >= 15 is 0 Å². The maximum absolute atomic E-state index is 14.5. The molecular weight excluding hydrogens is 789 g/mol. The summed E-state index contributed by atoms with van der Waals surface area (Å²) >= 11 is 0. The van der Waals surface area contributed by atoms with Crippen LogP contribution in [0.1, 0.15) is 97.4 Å². The molecule has 0 radical (unpaired) electrons. The predicted octanol–water partition coefficient (Wildman–Crippen LogP) is 7.62. The van der Waals surface area contributed by atoms with Crippen LogP contribution in [0.3, 0.4) is 0 Å². The van der Waals surface area contributed by atoms with E-state index < -0.39 is 48.1 Å². The molecule has 62 heavy (non-hydrogen) atoms. The largest absolute Gasteiger partial charge is 0.483 e. The molecule has 11 nitrogen and oxygen atoms in total. The second-order valence-corrected chi connectivity index (χ2v) is 17.1. The zero-order chi connectivity index (χ0) is 43.8. The minimum absolute atomic E-state index is 0.0266. The van der Waals surface area contributed by atoms with Crippen molar-refractivity contribution in [3.05, 3.63) is 158 Å². The summed E-state index contributed by atoms with van der Waals surface area (Å²) in [5.41, 5.74) is 5.11. The lowest BCUT2D eigenvalue weighted by atomic mass is 9.86. The van der Waals surface area contributed by atoms with Crippen molar-refractivity contribution in [2.24, 2.45) is 5.92 Å². The molecule has 11 heteroatoms. The lowest BCUT2D eigenvalue weighted by Crippen LogP contribution is -2.52. The van der Waals surface area contributed by atoms with Crippen LogP contribution in [0.5, 0.6) is 5.75 Å². The number of fused-ring (bicyclic) bond motifs is 13. The number of benzene rings is 4. The molecule has 4 heterocycles. The Morgan fingerprint density at radius 2 is 1.56 bits per heavy atom. The Kier molecular flexibility index (Phi) is 14.4. The molecule has 5 aromatic rings. The summed E-state index contributed by atoms with van der Waals surface area (Å²) in [5.74, 6) is -1.60. The maximum atomic E-state index is 14.5. The summed E-state index contributed by atoms with van der Waals surface area (Å²) in [6.07, 6.45) is 1.47. The number of ether oxygens (including phenoxy) is 4. The van der Waals surface area contributed by atoms with Crippen LogP contribution in [-0.2, 0) is 49.5 Å². The highest BCUT2D eigenvalue weighted by Gasteiger charge is 2.50. The standard InChI is InChI=1S/C51H56O11/c1-32(29-53)41-20-18-33-12-14-36(15-13-33)26-38(17-16-35-10-7-11-37(25-35)24-34-8-5-4-6-9-34)27-44(55)59-47-45-43(62-51(2,3)48(47)61-49(41)56)21-19-39-28-42(50(57)60-46(39)45)40(22-23-52)30-58-31-54/h4-15,19,21,25,28,38,40,47-48,52-54H,16-18,20,22-24,26-27,29-31H2,1-3H3/b41-32-/t38-,40+,47+,48-/m0/s1. The molecule has 3 N–H and O–H groups in total. The van der Waals surface area contributed by atoms with Crippen LogP contribution in [-0.4, -0.2) is 65.6 Å². The van der Waals surface area contributed by atoms with Crippen molar-refractivity contribution in [1.82, 2.24) is 0 Å². The molecule has 0 amide bonds. The number of rotatable bonds is 12. The van der Waals surface area contributed by atoms with Crippen LogP contribution in [0.25, 0.3) is 11.0 Å². The highest BCUT2D eigenvalue weighted by atomic mass is 16.6. The molecule has 1 aromatic heterocycles. The van der Waals surface area contributed by atoms with Gasteiger partial charge in [0, 0.05) is 35.5 Å². The van der Waals surface area contributed by atoms with E-state index in [9.17, 15) is 29.7 Å². The van der Waals surface area contributed by atoms with E-state index in [0.717, 1.165) is 24.0 Å². The Bertz CT molecular complexity index is 2430. The van der Waals surface area contributed by atoms with Crippen molar-refractivity contribution in [3.8, 4) is 5.75 Å². The lowest BCUT2D eigenvalue weighted by molar-refractivity contribution is -0.188. The van der Waals surface area contributed by atoms with Gasteiger partial charge in [-0.05, 0) is 123 Å². The van der Waals surface area contributed by atoms with E-state index in [1.165, 1.54) is 16.7 Å². The van der Waals surface area contributed by atoms with Gasteiger partial charge < -0.3 is 38.7 Å². The number of aliphatic hydroxyl groups excluding tert-OH is 3. The van der Waals surface area contributed by atoms with Crippen molar-refractivity contribution < 1.29 is 48.3 Å².